The third kappa shape index (κ3) is 8.81. The van der Waals surface area contributed by atoms with Gasteiger partial charge in [0.1, 0.15) is 13.2 Å². The maximum Gasteiger partial charge on any atom is 0.407 e. The molecular formula is C31H42N2O4. The van der Waals surface area contributed by atoms with Crippen LogP contribution in [0.5, 0.6) is 0 Å². The molecule has 0 spiro atoms. The quantitative estimate of drug-likeness (QED) is 0.352. The van der Waals surface area contributed by atoms with Gasteiger partial charge in [-0.05, 0) is 69.9 Å². The van der Waals surface area contributed by atoms with Crippen LogP contribution in [0.3, 0.4) is 0 Å². The Bertz CT molecular complexity index is 1140. The standard InChI is InChI=1S/C31H42N2O4/c1-21(2)23-14-16-25(17-15-23)30(7,8)32-27(34)36-19-29(5,6)20-37-28(35)33-31(9,10)26-13-11-12-24(18-26)22(3)4/h11-18H,1,3,19-20H2,2,4-10H3,(H,32,34)(H,33,35). The third-order valence-corrected chi connectivity index (χ3v) is 6.19. The average Bonchev–Trinajstić information content (AvgIpc) is 2.81. The highest BCUT2D eigenvalue weighted by Gasteiger charge is 2.29. The minimum Gasteiger partial charge on any atom is -0.449 e. The van der Waals surface area contributed by atoms with E-state index in [4.69, 9.17) is 9.47 Å². The first kappa shape index (κ1) is 29.7. The molecule has 0 heterocycles. The van der Waals surface area contributed by atoms with Gasteiger partial charge in [-0.25, -0.2) is 9.59 Å². The van der Waals surface area contributed by atoms with Crippen molar-refractivity contribution < 1.29 is 19.1 Å². The first-order valence-corrected chi connectivity index (χ1v) is 12.5. The predicted molar refractivity (Wildman–Crippen MR) is 151 cm³/mol. The van der Waals surface area contributed by atoms with Crippen LogP contribution in [0.4, 0.5) is 9.59 Å². The Labute approximate surface area is 222 Å². The number of carbonyl (C=O) groups excluding carboxylic acids is 2. The van der Waals surface area contributed by atoms with Crippen molar-refractivity contribution in [2.75, 3.05) is 13.2 Å². The number of nitrogens with one attached hydrogen (secondary N) is 2. The topological polar surface area (TPSA) is 76.7 Å². The first-order chi connectivity index (χ1) is 17.0. The zero-order valence-corrected chi connectivity index (χ0v) is 23.6. The normalized spacial score (nSPS) is 11.9. The smallest absolute Gasteiger partial charge is 0.407 e. The summed E-state index contributed by atoms with van der Waals surface area (Å²) in [5.41, 5.74) is 4.05. The molecule has 2 amide bonds. The van der Waals surface area contributed by atoms with E-state index in [2.05, 4.69) is 23.8 Å². The largest absolute Gasteiger partial charge is 0.449 e. The van der Waals surface area contributed by atoms with E-state index in [0.29, 0.717) is 0 Å². The summed E-state index contributed by atoms with van der Waals surface area (Å²) in [6.45, 7) is 23.4. The summed E-state index contributed by atoms with van der Waals surface area (Å²) in [6, 6.07) is 15.8. The summed E-state index contributed by atoms with van der Waals surface area (Å²) in [7, 11) is 0. The number of allylic oxidation sites excluding steroid dienone is 2. The lowest BCUT2D eigenvalue weighted by atomic mass is 9.92. The fraction of sp³-hybridized carbons (Fsp3) is 0.419. The lowest BCUT2D eigenvalue weighted by Crippen LogP contribution is -2.44. The fourth-order valence-electron chi connectivity index (χ4n) is 3.64. The van der Waals surface area contributed by atoms with E-state index in [9.17, 15) is 9.59 Å². The second-order valence-corrected chi connectivity index (χ2v) is 11.5. The molecule has 2 N–H and O–H groups in total. The Morgan fingerprint density at radius 1 is 0.703 bits per heavy atom. The van der Waals surface area contributed by atoms with E-state index in [1.165, 1.54) is 0 Å². The summed E-state index contributed by atoms with van der Waals surface area (Å²) in [5.74, 6) is 0. The Balaban J connectivity index is 1.87. The van der Waals surface area contributed by atoms with E-state index in [-0.39, 0.29) is 13.2 Å². The van der Waals surface area contributed by atoms with Crippen molar-refractivity contribution in [1.82, 2.24) is 10.6 Å². The molecule has 0 aliphatic heterocycles. The minimum absolute atomic E-state index is 0.0831. The molecule has 6 heteroatoms. The lowest BCUT2D eigenvalue weighted by molar-refractivity contribution is 0.0418. The maximum atomic E-state index is 12.6. The molecule has 200 valence electrons. The summed E-state index contributed by atoms with van der Waals surface area (Å²) in [5, 5.41) is 5.83. The molecule has 2 aromatic carbocycles. The van der Waals surface area contributed by atoms with Crippen molar-refractivity contribution in [2.45, 2.75) is 66.5 Å². The van der Waals surface area contributed by atoms with Crippen LogP contribution in [0, 0.1) is 5.41 Å². The summed E-state index contributed by atoms with van der Waals surface area (Å²) in [6.07, 6.45) is -1.08. The van der Waals surface area contributed by atoms with Crippen LogP contribution in [0.1, 0.15) is 77.6 Å². The fourth-order valence-corrected chi connectivity index (χ4v) is 3.64. The number of ether oxygens (including phenoxy) is 2. The lowest BCUT2D eigenvalue weighted by Gasteiger charge is -2.30. The van der Waals surface area contributed by atoms with Gasteiger partial charge in [0, 0.05) is 5.41 Å². The molecule has 0 saturated heterocycles. The Morgan fingerprint density at radius 3 is 1.62 bits per heavy atom. The highest BCUT2D eigenvalue weighted by Crippen LogP contribution is 2.25. The maximum absolute atomic E-state index is 12.6. The van der Waals surface area contributed by atoms with E-state index in [1.807, 2.05) is 104 Å². The van der Waals surface area contributed by atoms with E-state index < -0.39 is 28.7 Å². The average molecular weight is 507 g/mol. The van der Waals surface area contributed by atoms with Crippen LogP contribution in [-0.4, -0.2) is 25.4 Å². The molecule has 2 rings (SSSR count). The van der Waals surface area contributed by atoms with Crippen LogP contribution in [0.15, 0.2) is 61.7 Å². The number of amides is 2. The molecule has 0 bridgehead atoms. The number of rotatable bonds is 10. The SMILES string of the molecule is C=C(C)c1ccc(C(C)(C)NC(=O)OCC(C)(C)COC(=O)NC(C)(C)c2cccc(C(=C)C)c2)cc1. The molecular weight excluding hydrogens is 464 g/mol. The summed E-state index contributed by atoms with van der Waals surface area (Å²) >= 11 is 0. The summed E-state index contributed by atoms with van der Waals surface area (Å²) < 4.78 is 11.0. The molecule has 37 heavy (non-hydrogen) atoms. The number of carbonyl (C=O) groups is 2. The zero-order chi connectivity index (χ0) is 28.0. The van der Waals surface area contributed by atoms with Crippen LogP contribution in [0.2, 0.25) is 0 Å². The number of hydrogen-bond donors (Lipinski definition) is 2. The van der Waals surface area contributed by atoms with Gasteiger partial charge in [-0.1, -0.05) is 80.6 Å². The van der Waals surface area contributed by atoms with Gasteiger partial charge >= 0.3 is 12.2 Å². The molecule has 0 fully saturated rings. The van der Waals surface area contributed by atoms with Crippen molar-refractivity contribution in [3.63, 3.8) is 0 Å². The number of hydrogen-bond acceptors (Lipinski definition) is 4. The van der Waals surface area contributed by atoms with Gasteiger partial charge < -0.3 is 20.1 Å². The van der Waals surface area contributed by atoms with Gasteiger partial charge in [0.2, 0.25) is 0 Å². The third-order valence-electron chi connectivity index (χ3n) is 6.19. The van der Waals surface area contributed by atoms with Gasteiger partial charge in [-0.2, -0.15) is 0 Å². The van der Waals surface area contributed by atoms with Gasteiger partial charge in [-0.15, -0.1) is 0 Å². The monoisotopic (exact) mass is 506 g/mol. The molecule has 0 radical (unpaired) electrons. The Hall–Kier alpha value is -3.54. The van der Waals surface area contributed by atoms with Gasteiger partial charge in [0.25, 0.3) is 0 Å². The van der Waals surface area contributed by atoms with E-state index in [1.54, 1.807) is 0 Å². The molecule has 0 atom stereocenters. The second-order valence-electron chi connectivity index (χ2n) is 11.5. The van der Waals surface area contributed by atoms with Crippen molar-refractivity contribution in [1.29, 1.82) is 0 Å². The van der Waals surface area contributed by atoms with Crippen LogP contribution < -0.4 is 10.6 Å². The van der Waals surface area contributed by atoms with E-state index in [0.717, 1.165) is 33.4 Å². The molecule has 2 aromatic rings. The highest BCUT2D eigenvalue weighted by atomic mass is 16.6. The van der Waals surface area contributed by atoms with Crippen LogP contribution in [-0.2, 0) is 20.6 Å². The Kier molecular flexibility index (Phi) is 9.37. The molecule has 0 aliphatic carbocycles. The summed E-state index contributed by atoms with van der Waals surface area (Å²) in [4.78, 5) is 25.1. The zero-order valence-electron chi connectivity index (χ0n) is 23.6. The van der Waals surface area contributed by atoms with Gasteiger partial charge in [0.15, 0.2) is 0 Å². The van der Waals surface area contributed by atoms with Crippen LogP contribution >= 0.6 is 0 Å². The molecule has 0 saturated carbocycles. The van der Waals surface area contributed by atoms with Gasteiger partial charge in [0.05, 0.1) is 11.1 Å². The predicted octanol–water partition coefficient (Wildman–Crippen LogP) is 7.40. The van der Waals surface area contributed by atoms with Crippen molar-refractivity contribution in [3.8, 4) is 0 Å². The number of alkyl carbamates (subject to hydrolysis) is 2. The minimum atomic E-state index is -0.642. The number of benzene rings is 2. The first-order valence-electron chi connectivity index (χ1n) is 12.5. The second kappa shape index (κ2) is 11.7. The Morgan fingerprint density at radius 2 is 1.16 bits per heavy atom. The molecule has 0 aromatic heterocycles. The van der Waals surface area contributed by atoms with Crippen molar-refractivity contribution in [2.24, 2.45) is 5.41 Å². The van der Waals surface area contributed by atoms with Crippen molar-refractivity contribution >= 4 is 23.3 Å². The highest BCUT2D eigenvalue weighted by molar-refractivity contribution is 5.70. The van der Waals surface area contributed by atoms with Gasteiger partial charge in [-0.3, -0.25) is 0 Å². The molecule has 6 nitrogen and oxygen atoms in total. The van der Waals surface area contributed by atoms with Crippen molar-refractivity contribution in [3.05, 3.63) is 83.9 Å². The van der Waals surface area contributed by atoms with E-state index >= 15 is 0 Å². The van der Waals surface area contributed by atoms with Crippen LogP contribution in [0.25, 0.3) is 11.1 Å². The molecule has 0 aliphatic rings. The molecule has 0 unspecified atom stereocenters.